The van der Waals surface area contributed by atoms with E-state index in [1.807, 2.05) is 13.0 Å². The van der Waals surface area contributed by atoms with Gasteiger partial charge in [-0.05, 0) is 30.9 Å². The standard InChI is InChI=1S/C10H13NO/c1-2-10(12)6-5-8-4-3-7-11-9(8)10/h3-4,7,12H,2,5-6H2,1H3. The largest absolute Gasteiger partial charge is 0.384 e. The van der Waals surface area contributed by atoms with Crippen LogP contribution in [-0.4, -0.2) is 10.1 Å². The molecule has 12 heavy (non-hydrogen) atoms. The van der Waals surface area contributed by atoms with Crippen LogP contribution in [0.5, 0.6) is 0 Å². The van der Waals surface area contributed by atoms with Gasteiger partial charge in [0.2, 0.25) is 0 Å². The Bertz CT molecular complexity index is 298. The van der Waals surface area contributed by atoms with Crippen LogP contribution in [-0.2, 0) is 12.0 Å². The fourth-order valence-electron chi connectivity index (χ4n) is 1.86. The summed E-state index contributed by atoms with van der Waals surface area (Å²) >= 11 is 0. The SMILES string of the molecule is CCC1(O)CCc2cccnc21. The zero-order chi connectivity index (χ0) is 8.60. The lowest BCUT2D eigenvalue weighted by molar-refractivity contribution is 0.0306. The molecule has 2 heteroatoms. The average Bonchev–Trinajstić information content (AvgIpc) is 2.46. The van der Waals surface area contributed by atoms with Gasteiger partial charge in [0.15, 0.2) is 0 Å². The third kappa shape index (κ3) is 0.950. The molecule has 1 N–H and O–H groups in total. The van der Waals surface area contributed by atoms with Gasteiger partial charge in [-0.1, -0.05) is 13.0 Å². The molecule has 0 radical (unpaired) electrons. The van der Waals surface area contributed by atoms with Crippen LogP contribution >= 0.6 is 0 Å². The van der Waals surface area contributed by atoms with Crippen molar-refractivity contribution in [2.45, 2.75) is 31.8 Å². The number of nitrogens with zero attached hydrogens (tertiary/aromatic N) is 1. The second-order valence-electron chi connectivity index (χ2n) is 3.40. The highest BCUT2D eigenvalue weighted by Gasteiger charge is 2.35. The molecule has 0 bridgehead atoms. The van der Waals surface area contributed by atoms with Crippen LogP contribution in [0, 0.1) is 0 Å². The molecule has 1 heterocycles. The summed E-state index contributed by atoms with van der Waals surface area (Å²) in [5.41, 5.74) is 1.46. The van der Waals surface area contributed by atoms with Crippen molar-refractivity contribution < 1.29 is 5.11 Å². The quantitative estimate of drug-likeness (QED) is 0.682. The second-order valence-corrected chi connectivity index (χ2v) is 3.40. The maximum Gasteiger partial charge on any atom is 0.107 e. The summed E-state index contributed by atoms with van der Waals surface area (Å²) < 4.78 is 0. The minimum absolute atomic E-state index is 0.642. The summed E-state index contributed by atoms with van der Waals surface area (Å²) in [4.78, 5) is 4.23. The first-order chi connectivity index (χ1) is 5.76. The number of hydrogen-bond donors (Lipinski definition) is 1. The van der Waals surface area contributed by atoms with Crippen LogP contribution in [0.15, 0.2) is 18.3 Å². The number of hydrogen-bond acceptors (Lipinski definition) is 2. The number of aromatic nitrogens is 1. The Labute approximate surface area is 72.3 Å². The molecule has 0 aliphatic heterocycles. The topological polar surface area (TPSA) is 33.1 Å². The fourth-order valence-corrected chi connectivity index (χ4v) is 1.86. The van der Waals surface area contributed by atoms with Gasteiger partial charge in [0.25, 0.3) is 0 Å². The molecule has 1 aliphatic carbocycles. The van der Waals surface area contributed by atoms with Gasteiger partial charge >= 0.3 is 0 Å². The lowest BCUT2D eigenvalue weighted by atomic mass is 9.98. The Morgan fingerprint density at radius 3 is 3.25 bits per heavy atom. The Morgan fingerprint density at radius 2 is 2.50 bits per heavy atom. The van der Waals surface area contributed by atoms with E-state index in [0.717, 1.165) is 25.0 Å². The summed E-state index contributed by atoms with van der Waals surface area (Å²) in [7, 11) is 0. The molecule has 1 aromatic heterocycles. The molecule has 1 aromatic rings. The van der Waals surface area contributed by atoms with E-state index in [0.29, 0.717) is 0 Å². The van der Waals surface area contributed by atoms with Crippen LogP contribution < -0.4 is 0 Å². The monoisotopic (exact) mass is 163 g/mol. The maximum absolute atomic E-state index is 10.1. The molecule has 2 nitrogen and oxygen atoms in total. The highest BCUT2D eigenvalue weighted by Crippen LogP contribution is 2.37. The predicted molar refractivity (Wildman–Crippen MR) is 46.7 cm³/mol. The van der Waals surface area contributed by atoms with Crippen LogP contribution in [0.4, 0.5) is 0 Å². The number of aliphatic hydroxyl groups is 1. The van der Waals surface area contributed by atoms with Gasteiger partial charge in [-0.15, -0.1) is 0 Å². The lowest BCUT2D eigenvalue weighted by Crippen LogP contribution is -2.21. The predicted octanol–water partition coefficient (Wildman–Crippen LogP) is 1.63. The van der Waals surface area contributed by atoms with Crippen LogP contribution in [0.25, 0.3) is 0 Å². The Morgan fingerprint density at radius 1 is 1.67 bits per heavy atom. The Kier molecular flexibility index (Phi) is 1.65. The molecular weight excluding hydrogens is 150 g/mol. The zero-order valence-electron chi connectivity index (χ0n) is 7.25. The van der Waals surface area contributed by atoms with Gasteiger partial charge in [-0.2, -0.15) is 0 Å². The Balaban J connectivity index is 2.49. The summed E-state index contributed by atoms with van der Waals surface area (Å²) in [5, 5.41) is 10.1. The summed E-state index contributed by atoms with van der Waals surface area (Å²) in [6.07, 6.45) is 4.31. The van der Waals surface area contributed by atoms with Gasteiger partial charge in [-0.25, -0.2) is 0 Å². The molecule has 0 saturated heterocycles. The number of rotatable bonds is 1. The number of aryl methyl sites for hydroxylation is 1. The van der Waals surface area contributed by atoms with E-state index in [1.165, 1.54) is 5.56 Å². The third-order valence-corrected chi connectivity index (χ3v) is 2.72. The van der Waals surface area contributed by atoms with Gasteiger partial charge in [0.05, 0.1) is 5.69 Å². The number of pyridine rings is 1. The van der Waals surface area contributed by atoms with Crippen molar-refractivity contribution in [3.63, 3.8) is 0 Å². The molecule has 1 aliphatic rings. The molecule has 0 saturated carbocycles. The minimum Gasteiger partial charge on any atom is -0.384 e. The first kappa shape index (κ1) is 7.74. The third-order valence-electron chi connectivity index (χ3n) is 2.72. The van der Waals surface area contributed by atoms with E-state index in [9.17, 15) is 5.11 Å². The van der Waals surface area contributed by atoms with Crippen molar-refractivity contribution in [1.29, 1.82) is 0 Å². The molecule has 1 atom stereocenters. The van der Waals surface area contributed by atoms with Crippen molar-refractivity contribution in [3.8, 4) is 0 Å². The first-order valence-corrected chi connectivity index (χ1v) is 4.43. The lowest BCUT2D eigenvalue weighted by Gasteiger charge is -2.20. The van der Waals surface area contributed by atoms with Crippen LogP contribution in [0.1, 0.15) is 31.0 Å². The van der Waals surface area contributed by atoms with Crippen molar-refractivity contribution in [3.05, 3.63) is 29.6 Å². The normalized spacial score (nSPS) is 27.2. The second kappa shape index (κ2) is 2.56. The molecule has 0 spiro atoms. The molecule has 64 valence electrons. The maximum atomic E-state index is 10.1. The molecular formula is C10H13NO. The molecule has 0 fully saturated rings. The zero-order valence-corrected chi connectivity index (χ0v) is 7.25. The van der Waals surface area contributed by atoms with Crippen LogP contribution in [0.2, 0.25) is 0 Å². The van der Waals surface area contributed by atoms with Crippen molar-refractivity contribution in [2.24, 2.45) is 0 Å². The van der Waals surface area contributed by atoms with Crippen molar-refractivity contribution in [1.82, 2.24) is 4.98 Å². The van der Waals surface area contributed by atoms with E-state index in [4.69, 9.17) is 0 Å². The van der Waals surface area contributed by atoms with E-state index in [1.54, 1.807) is 6.20 Å². The molecule has 2 rings (SSSR count). The first-order valence-electron chi connectivity index (χ1n) is 4.43. The van der Waals surface area contributed by atoms with E-state index < -0.39 is 5.60 Å². The van der Waals surface area contributed by atoms with Gasteiger partial charge in [0, 0.05) is 6.20 Å². The Hall–Kier alpha value is -0.890. The molecule has 0 amide bonds. The van der Waals surface area contributed by atoms with E-state index >= 15 is 0 Å². The average molecular weight is 163 g/mol. The van der Waals surface area contributed by atoms with Gasteiger partial charge < -0.3 is 5.11 Å². The summed E-state index contributed by atoms with van der Waals surface area (Å²) in [6.45, 7) is 2.00. The summed E-state index contributed by atoms with van der Waals surface area (Å²) in [5.74, 6) is 0. The summed E-state index contributed by atoms with van der Waals surface area (Å²) in [6, 6.07) is 3.98. The number of fused-ring (bicyclic) bond motifs is 1. The van der Waals surface area contributed by atoms with E-state index in [2.05, 4.69) is 11.1 Å². The smallest absolute Gasteiger partial charge is 0.107 e. The highest BCUT2D eigenvalue weighted by atomic mass is 16.3. The van der Waals surface area contributed by atoms with Crippen LogP contribution in [0.3, 0.4) is 0 Å². The fraction of sp³-hybridized carbons (Fsp3) is 0.500. The van der Waals surface area contributed by atoms with Crippen molar-refractivity contribution in [2.75, 3.05) is 0 Å². The minimum atomic E-state index is -0.642. The van der Waals surface area contributed by atoms with E-state index in [-0.39, 0.29) is 0 Å². The highest BCUT2D eigenvalue weighted by molar-refractivity contribution is 5.30. The molecule has 0 aromatic carbocycles. The van der Waals surface area contributed by atoms with Crippen molar-refractivity contribution >= 4 is 0 Å². The van der Waals surface area contributed by atoms with Gasteiger partial charge in [0.1, 0.15) is 5.60 Å². The molecule has 1 unspecified atom stereocenters. The van der Waals surface area contributed by atoms with Gasteiger partial charge in [-0.3, -0.25) is 4.98 Å².